The number of amides is 1. The van der Waals surface area contributed by atoms with Crippen LogP contribution in [0.5, 0.6) is 0 Å². The van der Waals surface area contributed by atoms with Gasteiger partial charge in [0.25, 0.3) is 5.69 Å². The number of ether oxygens (including phenoxy) is 1. The number of nitro benzene ring substituents is 1. The molecule has 0 fully saturated rings. The molecule has 0 atom stereocenters. The predicted molar refractivity (Wildman–Crippen MR) is 75.8 cm³/mol. The Hall–Kier alpha value is -2.15. The van der Waals surface area contributed by atoms with Crippen molar-refractivity contribution in [3.8, 4) is 0 Å². The van der Waals surface area contributed by atoms with Gasteiger partial charge in [-0.1, -0.05) is 13.8 Å². The van der Waals surface area contributed by atoms with Crippen molar-refractivity contribution in [2.75, 3.05) is 25.1 Å². The van der Waals surface area contributed by atoms with Gasteiger partial charge in [0.2, 0.25) is 5.91 Å². The molecule has 20 heavy (non-hydrogen) atoms. The summed E-state index contributed by atoms with van der Waals surface area (Å²) in [5.41, 5.74) is 5.55. The molecule has 0 aliphatic rings. The topological polar surface area (TPSA) is 107 Å². The minimum absolute atomic E-state index is 0.0983. The van der Waals surface area contributed by atoms with E-state index in [1.54, 1.807) is 0 Å². The van der Waals surface area contributed by atoms with Crippen LogP contribution in [0.1, 0.15) is 24.2 Å². The minimum Gasteiger partial charge on any atom is -0.379 e. The van der Waals surface area contributed by atoms with Crippen molar-refractivity contribution >= 4 is 17.3 Å². The highest BCUT2D eigenvalue weighted by atomic mass is 16.6. The number of nitrogens with two attached hydrogens (primary N) is 1. The quantitative estimate of drug-likeness (QED) is 0.429. The molecule has 0 aliphatic carbocycles. The van der Waals surface area contributed by atoms with Crippen LogP contribution in [0.3, 0.4) is 0 Å². The third-order valence-corrected chi connectivity index (χ3v) is 2.49. The van der Waals surface area contributed by atoms with Crippen LogP contribution in [0.15, 0.2) is 18.2 Å². The largest absolute Gasteiger partial charge is 0.379 e. The van der Waals surface area contributed by atoms with Crippen LogP contribution in [0.4, 0.5) is 11.4 Å². The molecule has 0 aliphatic heterocycles. The van der Waals surface area contributed by atoms with Gasteiger partial charge in [0.05, 0.1) is 11.5 Å². The maximum absolute atomic E-state index is 11.1. The van der Waals surface area contributed by atoms with Crippen molar-refractivity contribution in [3.63, 3.8) is 0 Å². The van der Waals surface area contributed by atoms with Gasteiger partial charge < -0.3 is 15.8 Å². The second-order valence-corrected chi connectivity index (χ2v) is 4.75. The fourth-order valence-electron chi connectivity index (χ4n) is 1.57. The van der Waals surface area contributed by atoms with Gasteiger partial charge in [-0.25, -0.2) is 0 Å². The Morgan fingerprint density at radius 2 is 2.20 bits per heavy atom. The molecule has 0 heterocycles. The van der Waals surface area contributed by atoms with E-state index in [-0.39, 0.29) is 16.9 Å². The van der Waals surface area contributed by atoms with E-state index in [1.165, 1.54) is 18.2 Å². The normalized spacial score (nSPS) is 10.6. The van der Waals surface area contributed by atoms with Crippen molar-refractivity contribution in [1.82, 2.24) is 0 Å². The molecule has 0 radical (unpaired) electrons. The number of nitrogens with zero attached hydrogens (tertiary/aromatic N) is 1. The highest BCUT2D eigenvalue weighted by Gasteiger charge is 2.15. The second-order valence-electron chi connectivity index (χ2n) is 4.75. The molecule has 0 saturated heterocycles. The first-order valence-corrected chi connectivity index (χ1v) is 6.31. The first kappa shape index (κ1) is 15.9. The molecule has 0 aromatic heterocycles. The molecule has 7 heteroatoms. The minimum atomic E-state index is -0.626. The molecular formula is C13H19N3O4. The zero-order valence-corrected chi connectivity index (χ0v) is 11.6. The van der Waals surface area contributed by atoms with Crippen molar-refractivity contribution < 1.29 is 14.5 Å². The summed E-state index contributed by atoms with van der Waals surface area (Å²) >= 11 is 0. The van der Waals surface area contributed by atoms with Crippen molar-refractivity contribution in [2.24, 2.45) is 11.7 Å². The molecule has 0 unspecified atom stereocenters. The predicted octanol–water partition coefficient (Wildman–Crippen LogP) is 1.78. The average Bonchev–Trinajstić information content (AvgIpc) is 2.37. The van der Waals surface area contributed by atoms with E-state index < -0.39 is 10.8 Å². The van der Waals surface area contributed by atoms with Gasteiger partial charge in [0.15, 0.2) is 0 Å². The van der Waals surface area contributed by atoms with Crippen LogP contribution in [0.2, 0.25) is 0 Å². The third-order valence-electron chi connectivity index (χ3n) is 2.49. The fraction of sp³-hybridized carbons (Fsp3) is 0.462. The number of carbonyl (C=O) groups is 1. The van der Waals surface area contributed by atoms with Crippen LogP contribution in [-0.4, -0.2) is 30.6 Å². The van der Waals surface area contributed by atoms with E-state index >= 15 is 0 Å². The Bertz CT molecular complexity index is 489. The molecule has 1 aromatic carbocycles. The first-order valence-electron chi connectivity index (χ1n) is 6.31. The van der Waals surface area contributed by atoms with E-state index in [9.17, 15) is 14.9 Å². The number of benzene rings is 1. The highest BCUT2D eigenvalue weighted by molar-refractivity contribution is 5.94. The number of nitrogens with one attached hydrogen (secondary N) is 1. The molecule has 0 spiro atoms. The van der Waals surface area contributed by atoms with E-state index in [4.69, 9.17) is 10.5 Å². The molecule has 0 bridgehead atoms. The smallest absolute Gasteiger partial charge is 0.292 e. The van der Waals surface area contributed by atoms with Crippen LogP contribution < -0.4 is 11.1 Å². The van der Waals surface area contributed by atoms with Gasteiger partial charge in [-0.05, 0) is 18.1 Å². The monoisotopic (exact) mass is 281 g/mol. The average molecular weight is 281 g/mol. The molecule has 1 amide bonds. The lowest BCUT2D eigenvalue weighted by atomic mass is 10.1. The summed E-state index contributed by atoms with van der Waals surface area (Å²) in [6.45, 7) is 5.54. The van der Waals surface area contributed by atoms with Gasteiger partial charge in [-0.2, -0.15) is 0 Å². The summed E-state index contributed by atoms with van der Waals surface area (Å²) in [4.78, 5) is 21.5. The van der Waals surface area contributed by atoms with Crippen molar-refractivity contribution in [3.05, 3.63) is 33.9 Å². The van der Waals surface area contributed by atoms with E-state index in [1.807, 2.05) is 13.8 Å². The van der Waals surface area contributed by atoms with Gasteiger partial charge >= 0.3 is 0 Å². The maximum Gasteiger partial charge on any atom is 0.292 e. The Morgan fingerprint density at radius 1 is 1.50 bits per heavy atom. The summed E-state index contributed by atoms with van der Waals surface area (Å²) < 4.78 is 5.37. The van der Waals surface area contributed by atoms with Crippen molar-refractivity contribution in [2.45, 2.75) is 13.8 Å². The lowest BCUT2D eigenvalue weighted by Gasteiger charge is -2.10. The van der Waals surface area contributed by atoms with Gasteiger partial charge in [-0.3, -0.25) is 14.9 Å². The van der Waals surface area contributed by atoms with Crippen LogP contribution >= 0.6 is 0 Å². The molecule has 1 aromatic rings. The Morgan fingerprint density at radius 3 is 2.75 bits per heavy atom. The molecule has 0 saturated carbocycles. The number of rotatable bonds is 8. The van der Waals surface area contributed by atoms with Gasteiger partial charge in [0, 0.05) is 24.8 Å². The second kappa shape index (κ2) is 7.44. The summed E-state index contributed by atoms with van der Waals surface area (Å²) in [7, 11) is 0. The fourth-order valence-corrected chi connectivity index (χ4v) is 1.57. The SMILES string of the molecule is CC(C)COCCNc1cc(C(N)=O)ccc1[N+](=O)[O-]. The van der Waals surface area contributed by atoms with E-state index in [0.717, 1.165) is 0 Å². The summed E-state index contributed by atoms with van der Waals surface area (Å²) in [6.07, 6.45) is 0. The van der Waals surface area contributed by atoms with Gasteiger partial charge in [-0.15, -0.1) is 0 Å². The number of primary amides is 1. The number of hydrogen-bond donors (Lipinski definition) is 2. The Labute approximate surface area is 117 Å². The molecule has 3 N–H and O–H groups in total. The lowest BCUT2D eigenvalue weighted by molar-refractivity contribution is -0.384. The molecular weight excluding hydrogens is 262 g/mol. The van der Waals surface area contributed by atoms with Crippen LogP contribution in [-0.2, 0) is 4.74 Å². The summed E-state index contributed by atoms with van der Waals surface area (Å²) in [6, 6.07) is 3.97. The lowest BCUT2D eigenvalue weighted by Crippen LogP contribution is -2.15. The number of carbonyl (C=O) groups excluding carboxylic acids is 1. The summed E-state index contributed by atoms with van der Waals surface area (Å²) in [5.74, 6) is -0.193. The Balaban J connectivity index is 2.68. The summed E-state index contributed by atoms with van der Waals surface area (Å²) in [5, 5.41) is 13.8. The zero-order valence-electron chi connectivity index (χ0n) is 11.6. The van der Waals surface area contributed by atoms with Crippen LogP contribution in [0, 0.1) is 16.0 Å². The third kappa shape index (κ3) is 4.85. The van der Waals surface area contributed by atoms with E-state index in [0.29, 0.717) is 25.7 Å². The van der Waals surface area contributed by atoms with Crippen molar-refractivity contribution in [1.29, 1.82) is 0 Å². The Kier molecular flexibility index (Phi) is 5.92. The highest BCUT2D eigenvalue weighted by Crippen LogP contribution is 2.25. The number of nitro groups is 1. The van der Waals surface area contributed by atoms with Gasteiger partial charge in [0.1, 0.15) is 5.69 Å². The molecule has 1 rings (SSSR count). The zero-order chi connectivity index (χ0) is 15.1. The van der Waals surface area contributed by atoms with Crippen LogP contribution in [0.25, 0.3) is 0 Å². The van der Waals surface area contributed by atoms with E-state index in [2.05, 4.69) is 5.32 Å². The molecule has 7 nitrogen and oxygen atoms in total. The molecule has 110 valence electrons. The number of hydrogen-bond acceptors (Lipinski definition) is 5. The first-order chi connectivity index (χ1) is 9.41. The number of anilines is 1. The standard InChI is InChI=1S/C13H19N3O4/c1-9(2)8-20-6-5-15-11-7-10(13(14)17)3-4-12(11)16(18)19/h3-4,7,9,15H,5-6,8H2,1-2H3,(H2,14,17). The maximum atomic E-state index is 11.1.